The Morgan fingerprint density at radius 1 is 0.610 bits per heavy atom. The number of anilines is 1. The van der Waals surface area contributed by atoms with Crippen molar-refractivity contribution in [1.29, 1.82) is 0 Å². The van der Waals surface area contributed by atoms with E-state index in [-0.39, 0.29) is 27.9 Å². The van der Waals surface area contributed by atoms with Crippen molar-refractivity contribution in [1.82, 2.24) is 0 Å². The zero-order valence-electron chi connectivity index (χ0n) is 30.6. The highest BCUT2D eigenvalue weighted by atomic mass is 16.7. The van der Waals surface area contributed by atoms with Gasteiger partial charge < -0.3 is 29.4 Å². The normalized spacial score (nSPS) is 18.7. The van der Waals surface area contributed by atoms with Crippen molar-refractivity contribution in [2.75, 3.05) is 12.0 Å². The first kappa shape index (κ1) is 40.7. The molecule has 0 saturated carbocycles. The third-order valence-electron chi connectivity index (χ3n) is 8.77. The number of nitrogens with two attached hydrogens (primary N) is 1. The van der Waals surface area contributed by atoms with Gasteiger partial charge in [-0.25, -0.2) is 19.2 Å². The second-order valence-corrected chi connectivity index (χ2v) is 12.6. The van der Waals surface area contributed by atoms with Crippen molar-refractivity contribution >= 4 is 46.8 Å². The second kappa shape index (κ2) is 18.8. The van der Waals surface area contributed by atoms with Gasteiger partial charge in [-0.3, -0.25) is 25.7 Å². The molecule has 0 aromatic heterocycles. The van der Waals surface area contributed by atoms with E-state index < -0.39 is 88.1 Å². The highest BCUT2D eigenvalue weighted by Crippen LogP contribution is 2.33. The molecule has 5 atom stereocenters. The van der Waals surface area contributed by atoms with E-state index in [1.165, 1.54) is 48.5 Å². The number of amidine groups is 1. The molecule has 59 heavy (non-hydrogen) atoms. The average molecular weight is 804 g/mol. The minimum absolute atomic E-state index is 0.0475. The largest absolute Gasteiger partial charge is 0.459 e. The summed E-state index contributed by atoms with van der Waals surface area (Å²) in [6.07, 6.45) is -8.43. The van der Waals surface area contributed by atoms with Crippen molar-refractivity contribution in [3.8, 4) is 0 Å². The van der Waals surface area contributed by atoms with Gasteiger partial charge in [-0.15, -0.1) is 0 Å². The predicted octanol–water partition coefficient (Wildman–Crippen LogP) is 5.49. The monoisotopic (exact) mass is 803 g/mol. The van der Waals surface area contributed by atoms with Crippen molar-refractivity contribution < 1.29 is 52.7 Å². The molecule has 1 aliphatic rings. The van der Waals surface area contributed by atoms with Gasteiger partial charge in [-0.1, -0.05) is 72.8 Å². The first-order chi connectivity index (χ1) is 28.5. The van der Waals surface area contributed by atoms with E-state index in [9.17, 15) is 39.4 Å². The van der Waals surface area contributed by atoms with Gasteiger partial charge in [0.1, 0.15) is 18.4 Å². The third-order valence-corrected chi connectivity index (χ3v) is 8.77. The van der Waals surface area contributed by atoms with E-state index in [1.54, 1.807) is 72.8 Å². The Morgan fingerprint density at radius 2 is 1.05 bits per heavy atom. The van der Waals surface area contributed by atoms with Gasteiger partial charge in [0, 0.05) is 6.07 Å². The van der Waals surface area contributed by atoms with E-state index >= 15 is 0 Å². The SMILES string of the molecule is N/C(=N\Nc1ccc([N+](=O)[O-])cc1[N+](=O)[O-])[C@@H]1O[C@H](COC(=O)c2ccccc2)[C@@H](OC(=O)c2ccccc2)[C@H](OC(=O)c2ccccc2)[C@H]1OC(=O)c1ccccc1. The fourth-order valence-electron chi connectivity index (χ4n) is 5.87. The van der Waals surface area contributed by atoms with E-state index in [2.05, 4.69) is 10.5 Å². The number of nitro groups is 2. The van der Waals surface area contributed by atoms with E-state index in [0.29, 0.717) is 6.07 Å². The molecule has 1 fully saturated rings. The molecule has 5 aromatic rings. The maximum absolute atomic E-state index is 13.8. The summed E-state index contributed by atoms with van der Waals surface area (Å²) >= 11 is 0. The fraction of sp³-hybridized carbons (Fsp3) is 0.146. The van der Waals surface area contributed by atoms with Crippen molar-refractivity contribution in [2.24, 2.45) is 10.8 Å². The van der Waals surface area contributed by atoms with Crippen LogP contribution in [0.2, 0.25) is 0 Å². The van der Waals surface area contributed by atoms with Gasteiger partial charge in [-0.05, 0) is 54.6 Å². The number of nitrogens with zero attached hydrogens (tertiary/aromatic N) is 3. The Balaban J connectivity index is 1.45. The van der Waals surface area contributed by atoms with Gasteiger partial charge >= 0.3 is 29.6 Å². The molecular formula is C41H33N5O13. The maximum atomic E-state index is 13.8. The zero-order chi connectivity index (χ0) is 41.9. The molecule has 1 aliphatic heterocycles. The van der Waals surface area contributed by atoms with Crippen molar-refractivity contribution in [3.63, 3.8) is 0 Å². The minimum Gasteiger partial charge on any atom is -0.459 e. The quantitative estimate of drug-likeness (QED) is 0.0352. The minimum atomic E-state index is -1.78. The molecule has 0 bridgehead atoms. The zero-order valence-corrected chi connectivity index (χ0v) is 30.6. The summed E-state index contributed by atoms with van der Waals surface area (Å²) in [4.78, 5) is 75.9. The lowest BCUT2D eigenvalue weighted by atomic mass is 9.93. The Labute approximate surface area is 334 Å². The maximum Gasteiger partial charge on any atom is 0.338 e. The summed E-state index contributed by atoms with van der Waals surface area (Å²) in [6.45, 7) is -0.649. The molecule has 0 spiro atoms. The number of nitrogens with one attached hydrogen (secondary N) is 1. The number of nitro benzene ring substituents is 2. The fourth-order valence-corrected chi connectivity index (χ4v) is 5.87. The molecule has 5 aromatic carbocycles. The van der Waals surface area contributed by atoms with Crippen LogP contribution in [0.25, 0.3) is 0 Å². The second-order valence-electron chi connectivity index (χ2n) is 12.6. The number of carbonyl (C=O) groups excluding carboxylic acids is 4. The van der Waals surface area contributed by atoms with E-state index in [4.69, 9.17) is 29.4 Å². The summed E-state index contributed by atoms with van der Waals surface area (Å²) in [5.41, 5.74) is 7.59. The van der Waals surface area contributed by atoms with Crippen LogP contribution in [0.3, 0.4) is 0 Å². The summed E-state index contributed by atoms with van der Waals surface area (Å²) in [5, 5.41) is 27.2. The van der Waals surface area contributed by atoms with Gasteiger partial charge in [0.25, 0.3) is 5.69 Å². The van der Waals surface area contributed by atoms with Crippen LogP contribution in [0.5, 0.6) is 0 Å². The Morgan fingerprint density at radius 3 is 1.51 bits per heavy atom. The van der Waals surface area contributed by atoms with E-state index in [1.807, 2.05) is 0 Å². The molecular weight excluding hydrogens is 770 g/mol. The lowest BCUT2D eigenvalue weighted by Gasteiger charge is -2.44. The number of esters is 4. The summed E-state index contributed by atoms with van der Waals surface area (Å²) in [5.74, 6) is -4.19. The number of rotatable bonds is 14. The molecule has 18 heteroatoms. The van der Waals surface area contributed by atoms with Crippen LogP contribution in [-0.2, 0) is 23.7 Å². The Bertz CT molecular complexity index is 2350. The van der Waals surface area contributed by atoms with Crippen molar-refractivity contribution in [3.05, 3.63) is 182 Å². The molecule has 0 aliphatic carbocycles. The van der Waals surface area contributed by atoms with Crippen LogP contribution in [-0.4, -0.2) is 76.7 Å². The highest BCUT2D eigenvalue weighted by Gasteiger charge is 2.54. The lowest BCUT2D eigenvalue weighted by molar-refractivity contribution is -0.393. The molecule has 0 radical (unpaired) electrons. The van der Waals surface area contributed by atoms with Crippen LogP contribution >= 0.6 is 0 Å². The van der Waals surface area contributed by atoms with Crippen LogP contribution in [0.15, 0.2) is 145 Å². The van der Waals surface area contributed by atoms with Gasteiger partial charge in [0.05, 0.1) is 38.2 Å². The number of carbonyl (C=O) groups is 4. The van der Waals surface area contributed by atoms with Crippen LogP contribution in [0, 0.1) is 20.2 Å². The molecule has 18 nitrogen and oxygen atoms in total. The summed E-state index contributed by atoms with van der Waals surface area (Å²) in [7, 11) is 0. The average Bonchev–Trinajstić information content (AvgIpc) is 3.26. The first-order valence-electron chi connectivity index (χ1n) is 17.7. The van der Waals surface area contributed by atoms with Crippen LogP contribution in [0.4, 0.5) is 17.1 Å². The number of non-ortho nitro benzene ring substituents is 1. The molecule has 3 N–H and O–H groups in total. The van der Waals surface area contributed by atoms with Crippen molar-refractivity contribution in [2.45, 2.75) is 30.5 Å². The van der Waals surface area contributed by atoms with Crippen LogP contribution in [0.1, 0.15) is 41.4 Å². The predicted molar refractivity (Wildman–Crippen MR) is 207 cm³/mol. The van der Waals surface area contributed by atoms with Gasteiger partial charge in [0.2, 0.25) is 0 Å². The highest BCUT2D eigenvalue weighted by molar-refractivity contribution is 5.93. The third kappa shape index (κ3) is 10.1. The smallest absolute Gasteiger partial charge is 0.338 e. The topological polar surface area (TPSA) is 251 Å². The molecule has 0 amide bonds. The molecule has 300 valence electrons. The number of hydrazone groups is 1. The first-order valence-corrected chi connectivity index (χ1v) is 17.7. The summed E-state index contributed by atoms with van der Waals surface area (Å²) < 4.78 is 29.9. The molecule has 0 unspecified atom stereocenters. The standard InChI is InChI=1S/C41H33N5O13/c42-37(44-43-30-22-21-29(45(51)52)23-31(30)46(53)54)36-35(59-41(50)28-19-11-4-12-20-28)34(58-40(49)27-17-9-3-10-18-27)33(57-39(48)26-15-7-2-8-16-26)32(56-36)24-55-38(47)25-13-5-1-6-14-25/h1-23,32-36,43H,24H2,(H2,42,44)/t32-,33-,34+,35-,36-/m1/s1. The number of hydrogen-bond donors (Lipinski definition) is 2. The molecule has 1 saturated heterocycles. The number of ether oxygens (including phenoxy) is 5. The number of hydrogen-bond acceptors (Lipinski definition) is 15. The van der Waals surface area contributed by atoms with E-state index in [0.717, 1.165) is 12.1 Å². The van der Waals surface area contributed by atoms with Crippen LogP contribution < -0.4 is 11.2 Å². The van der Waals surface area contributed by atoms with Gasteiger partial charge in [-0.2, -0.15) is 5.10 Å². The lowest BCUT2D eigenvalue weighted by Crippen LogP contribution is -2.65. The number of benzene rings is 5. The molecule has 6 rings (SSSR count). The van der Waals surface area contributed by atoms with Gasteiger partial charge in [0.15, 0.2) is 30.3 Å². The Kier molecular flexibility index (Phi) is 12.9. The summed E-state index contributed by atoms with van der Waals surface area (Å²) in [6, 6.07) is 33.8. The Hall–Kier alpha value is -7.99. The molecule has 1 heterocycles.